The Balaban J connectivity index is 1.83. The fourth-order valence-corrected chi connectivity index (χ4v) is 1.93. The second-order valence-corrected chi connectivity index (χ2v) is 5.63. The second kappa shape index (κ2) is 5.42. The number of hydrogen-bond donors (Lipinski definition) is 1. The summed E-state index contributed by atoms with van der Waals surface area (Å²) in [6.07, 6.45) is 0.862. The molecule has 2 rings (SSSR count). The first-order valence-electron chi connectivity index (χ1n) is 6.56. The highest BCUT2D eigenvalue weighted by Gasteiger charge is 2.13. The van der Waals surface area contributed by atoms with Crippen molar-refractivity contribution >= 4 is 5.84 Å². The third-order valence-electron chi connectivity index (χ3n) is 3.07. The van der Waals surface area contributed by atoms with E-state index in [9.17, 15) is 0 Å². The Morgan fingerprint density at radius 1 is 1.22 bits per heavy atom. The summed E-state index contributed by atoms with van der Waals surface area (Å²) in [5, 5.41) is 3.24. The van der Waals surface area contributed by atoms with Gasteiger partial charge in [0.15, 0.2) is 0 Å². The van der Waals surface area contributed by atoms with Crippen LogP contribution in [0.25, 0.3) is 0 Å². The van der Waals surface area contributed by atoms with Crippen LogP contribution in [-0.4, -0.2) is 25.5 Å². The van der Waals surface area contributed by atoms with Crippen LogP contribution >= 0.6 is 0 Å². The van der Waals surface area contributed by atoms with Gasteiger partial charge in [0.05, 0.1) is 19.0 Å². The average Bonchev–Trinajstić information content (AvgIpc) is 2.82. The summed E-state index contributed by atoms with van der Waals surface area (Å²) in [6, 6.07) is 8.37. The number of aliphatic imine (C=N–C) groups is 1. The molecule has 0 aromatic heterocycles. The van der Waals surface area contributed by atoms with E-state index in [2.05, 4.69) is 43.2 Å². The van der Waals surface area contributed by atoms with E-state index in [1.165, 1.54) is 5.56 Å². The zero-order valence-electron chi connectivity index (χ0n) is 11.5. The third-order valence-corrected chi connectivity index (χ3v) is 3.07. The molecule has 18 heavy (non-hydrogen) atoms. The highest BCUT2D eigenvalue weighted by molar-refractivity contribution is 5.83. The second-order valence-electron chi connectivity index (χ2n) is 5.63. The number of ether oxygens (including phenoxy) is 1. The van der Waals surface area contributed by atoms with E-state index in [0.29, 0.717) is 6.61 Å². The molecule has 0 atom stereocenters. The molecule has 0 saturated carbocycles. The standard InChI is InChI=1S/C15H22N2O/c1-15(2,3)12-4-6-13(7-5-12)18-11-8-14-16-9-10-17-14/h4-7H,8-11H2,1-3H3,(H,16,17). The van der Waals surface area contributed by atoms with Crippen LogP contribution in [0.5, 0.6) is 5.75 Å². The largest absolute Gasteiger partial charge is 0.493 e. The minimum Gasteiger partial charge on any atom is -0.493 e. The number of rotatable bonds is 4. The molecule has 3 nitrogen and oxygen atoms in total. The van der Waals surface area contributed by atoms with Gasteiger partial charge in [0.2, 0.25) is 0 Å². The van der Waals surface area contributed by atoms with Crippen molar-refractivity contribution in [3.63, 3.8) is 0 Å². The van der Waals surface area contributed by atoms with Gasteiger partial charge in [-0.3, -0.25) is 4.99 Å². The van der Waals surface area contributed by atoms with E-state index < -0.39 is 0 Å². The minimum absolute atomic E-state index is 0.195. The van der Waals surface area contributed by atoms with Gasteiger partial charge in [0.1, 0.15) is 5.75 Å². The molecule has 0 unspecified atom stereocenters. The molecular formula is C15H22N2O. The third kappa shape index (κ3) is 3.49. The molecule has 0 spiro atoms. The van der Waals surface area contributed by atoms with Crippen molar-refractivity contribution in [1.29, 1.82) is 0 Å². The first kappa shape index (κ1) is 12.9. The SMILES string of the molecule is CC(C)(C)c1ccc(OCCC2=NCCN2)cc1. The highest BCUT2D eigenvalue weighted by atomic mass is 16.5. The molecule has 0 fully saturated rings. The lowest BCUT2D eigenvalue weighted by molar-refractivity contribution is 0.328. The van der Waals surface area contributed by atoms with E-state index in [4.69, 9.17) is 4.74 Å². The summed E-state index contributed by atoms with van der Waals surface area (Å²) < 4.78 is 5.71. The van der Waals surface area contributed by atoms with Crippen molar-refractivity contribution in [2.45, 2.75) is 32.6 Å². The zero-order chi connectivity index (χ0) is 13.0. The summed E-state index contributed by atoms with van der Waals surface area (Å²) in [5.74, 6) is 2.00. The maximum atomic E-state index is 5.71. The van der Waals surface area contributed by atoms with Crippen molar-refractivity contribution in [2.75, 3.05) is 19.7 Å². The highest BCUT2D eigenvalue weighted by Crippen LogP contribution is 2.24. The smallest absolute Gasteiger partial charge is 0.119 e. The van der Waals surface area contributed by atoms with E-state index >= 15 is 0 Å². The number of benzene rings is 1. The van der Waals surface area contributed by atoms with Crippen LogP contribution in [0.2, 0.25) is 0 Å². The van der Waals surface area contributed by atoms with E-state index in [-0.39, 0.29) is 5.41 Å². The van der Waals surface area contributed by atoms with Crippen LogP contribution in [-0.2, 0) is 5.41 Å². The van der Waals surface area contributed by atoms with Crippen molar-refractivity contribution in [3.05, 3.63) is 29.8 Å². The van der Waals surface area contributed by atoms with Gasteiger partial charge in [-0.15, -0.1) is 0 Å². The number of nitrogens with one attached hydrogen (secondary N) is 1. The normalized spacial score (nSPS) is 15.2. The Bertz CT molecular complexity index is 415. The summed E-state index contributed by atoms with van der Waals surface area (Å²) >= 11 is 0. The average molecular weight is 246 g/mol. The molecule has 98 valence electrons. The first-order chi connectivity index (χ1) is 8.55. The lowest BCUT2D eigenvalue weighted by Gasteiger charge is -2.19. The molecule has 0 bridgehead atoms. The Morgan fingerprint density at radius 3 is 2.50 bits per heavy atom. The molecule has 1 N–H and O–H groups in total. The van der Waals surface area contributed by atoms with Crippen LogP contribution in [0.15, 0.2) is 29.3 Å². The molecule has 3 heteroatoms. The summed E-state index contributed by atoms with van der Waals surface area (Å²) in [7, 11) is 0. The van der Waals surface area contributed by atoms with Gasteiger partial charge in [-0.05, 0) is 23.1 Å². The quantitative estimate of drug-likeness (QED) is 0.886. The van der Waals surface area contributed by atoms with Gasteiger partial charge in [-0.1, -0.05) is 32.9 Å². The maximum Gasteiger partial charge on any atom is 0.119 e. The Morgan fingerprint density at radius 2 is 1.94 bits per heavy atom. The van der Waals surface area contributed by atoms with Crippen LogP contribution < -0.4 is 10.1 Å². The van der Waals surface area contributed by atoms with Gasteiger partial charge >= 0.3 is 0 Å². The lowest BCUT2D eigenvalue weighted by Crippen LogP contribution is -2.20. The summed E-state index contributed by atoms with van der Waals surface area (Å²) in [6.45, 7) is 9.19. The van der Waals surface area contributed by atoms with Crippen molar-refractivity contribution in [2.24, 2.45) is 4.99 Å². The van der Waals surface area contributed by atoms with Gasteiger partial charge in [0.25, 0.3) is 0 Å². The Labute approximate surface area is 109 Å². The molecule has 0 radical (unpaired) electrons. The van der Waals surface area contributed by atoms with Gasteiger partial charge < -0.3 is 10.1 Å². The molecule has 1 aliphatic rings. The predicted octanol–water partition coefficient (Wildman–Crippen LogP) is 2.75. The Hall–Kier alpha value is -1.51. The fraction of sp³-hybridized carbons (Fsp3) is 0.533. The molecule has 0 amide bonds. The van der Waals surface area contributed by atoms with Gasteiger partial charge in [-0.2, -0.15) is 0 Å². The zero-order valence-corrected chi connectivity index (χ0v) is 11.5. The lowest BCUT2D eigenvalue weighted by atomic mass is 9.87. The summed E-state index contributed by atoms with van der Waals surface area (Å²) in [4.78, 5) is 4.34. The van der Waals surface area contributed by atoms with E-state index in [1.807, 2.05) is 12.1 Å². The molecule has 1 heterocycles. The van der Waals surface area contributed by atoms with Crippen molar-refractivity contribution in [3.8, 4) is 5.75 Å². The Kier molecular flexibility index (Phi) is 3.90. The summed E-state index contributed by atoms with van der Waals surface area (Å²) in [5.41, 5.74) is 1.53. The molecule has 0 aliphatic carbocycles. The molecule has 1 aromatic rings. The van der Waals surface area contributed by atoms with Gasteiger partial charge in [0, 0.05) is 13.0 Å². The fourth-order valence-electron chi connectivity index (χ4n) is 1.93. The maximum absolute atomic E-state index is 5.71. The number of hydrogen-bond acceptors (Lipinski definition) is 3. The van der Waals surface area contributed by atoms with Crippen LogP contribution in [0.1, 0.15) is 32.8 Å². The van der Waals surface area contributed by atoms with Crippen molar-refractivity contribution < 1.29 is 4.74 Å². The number of nitrogens with zero attached hydrogens (tertiary/aromatic N) is 1. The molecule has 1 aliphatic heterocycles. The van der Waals surface area contributed by atoms with Crippen LogP contribution in [0, 0.1) is 0 Å². The van der Waals surface area contributed by atoms with Crippen LogP contribution in [0.3, 0.4) is 0 Å². The minimum atomic E-state index is 0.195. The van der Waals surface area contributed by atoms with Gasteiger partial charge in [-0.25, -0.2) is 0 Å². The van der Waals surface area contributed by atoms with E-state index in [1.54, 1.807) is 0 Å². The molecular weight excluding hydrogens is 224 g/mol. The van der Waals surface area contributed by atoms with Crippen molar-refractivity contribution in [1.82, 2.24) is 5.32 Å². The van der Waals surface area contributed by atoms with E-state index in [0.717, 1.165) is 31.1 Å². The number of amidine groups is 1. The van der Waals surface area contributed by atoms with Crippen LogP contribution in [0.4, 0.5) is 0 Å². The topological polar surface area (TPSA) is 33.6 Å². The first-order valence-corrected chi connectivity index (χ1v) is 6.56. The molecule has 1 aromatic carbocycles. The predicted molar refractivity (Wildman–Crippen MR) is 75.6 cm³/mol. The molecule has 0 saturated heterocycles. The monoisotopic (exact) mass is 246 g/mol.